The molecule has 0 aliphatic carbocycles. The van der Waals surface area contributed by atoms with Crippen molar-refractivity contribution >= 4 is 86.2 Å². The van der Waals surface area contributed by atoms with Crippen molar-refractivity contribution in [2.75, 3.05) is 0 Å². The van der Waals surface area contributed by atoms with Gasteiger partial charge in [0, 0.05) is 22.3 Å². The van der Waals surface area contributed by atoms with Crippen LogP contribution in [0.4, 0.5) is 0 Å². The van der Waals surface area contributed by atoms with Crippen LogP contribution in [0.3, 0.4) is 0 Å². The molecule has 67 heavy (non-hydrogen) atoms. The predicted molar refractivity (Wildman–Crippen MR) is 276 cm³/mol. The van der Waals surface area contributed by atoms with Crippen LogP contribution in [-0.2, 0) is 20.7 Å². The molecule has 12 aromatic rings. The average Bonchev–Trinajstić information content (AvgIpc) is 3.71. The van der Waals surface area contributed by atoms with E-state index in [1.165, 1.54) is 0 Å². The number of ether oxygens (including phenoxy) is 2. The highest BCUT2D eigenvalue weighted by Gasteiger charge is 2.63. The van der Waals surface area contributed by atoms with E-state index in [1.807, 2.05) is 111 Å². The lowest BCUT2D eigenvalue weighted by molar-refractivity contribution is -0.171. The van der Waals surface area contributed by atoms with Gasteiger partial charge >= 0.3 is 0 Å². The second-order valence-corrected chi connectivity index (χ2v) is 18.8. The van der Waals surface area contributed by atoms with Crippen molar-refractivity contribution in [1.29, 1.82) is 0 Å². The van der Waals surface area contributed by atoms with Gasteiger partial charge in [-0.2, -0.15) is 0 Å². The van der Waals surface area contributed by atoms with Gasteiger partial charge in [0.05, 0.1) is 0 Å². The van der Waals surface area contributed by atoms with Crippen molar-refractivity contribution in [1.82, 2.24) is 0 Å². The highest BCUT2D eigenvalue weighted by atomic mass is 16.8. The van der Waals surface area contributed by atoms with Crippen molar-refractivity contribution in [2.24, 2.45) is 0 Å². The molecule has 0 spiro atoms. The highest BCUT2D eigenvalue weighted by Crippen LogP contribution is 2.57. The Hall–Kier alpha value is -7.44. The van der Waals surface area contributed by atoms with Crippen LogP contribution >= 0.6 is 0 Å². The van der Waals surface area contributed by atoms with Gasteiger partial charge in [-0.25, -0.2) is 0 Å². The Morgan fingerprint density at radius 1 is 0.299 bits per heavy atom. The van der Waals surface area contributed by atoms with Gasteiger partial charge in [0.25, 0.3) is 0 Å². The maximum atomic E-state index is 15.4. The summed E-state index contributed by atoms with van der Waals surface area (Å²) in [6, 6.07) is 75.2. The fourth-order valence-electron chi connectivity index (χ4n) is 11.9. The van der Waals surface area contributed by atoms with E-state index in [9.17, 15) is 0 Å². The third-order valence-electron chi connectivity index (χ3n) is 14.5. The number of benzene rings is 12. The van der Waals surface area contributed by atoms with Gasteiger partial charge in [0.15, 0.2) is 5.79 Å². The van der Waals surface area contributed by atoms with Crippen LogP contribution in [0.15, 0.2) is 218 Å². The Morgan fingerprint density at radius 3 is 0.642 bits per heavy atom. The largest absolute Gasteiger partial charge is 0.377 e. The molecule has 1 aliphatic rings. The Labute approximate surface area is 387 Å². The summed E-state index contributed by atoms with van der Waals surface area (Å²) in [5, 5.41) is 45.7. The topological polar surface area (TPSA) is 58.9 Å². The molecule has 1 fully saturated rings. The zero-order chi connectivity index (χ0) is 45.1. The lowest BCUT2D eigenvalue weighted by Crippen LogP contribution is -2.55. The van der Waals surface area contributed by atoms with Crippen LogP contribution in [0, 0.1) is 0 Å². The summed E-state index contributed by atoms with van der Waals surface area (Å²) in [5.74, 6) is -1.31. The van der Waals surface area contributed by atoms with Crippen LogP contribution in [0.1, 0.15) is 36.1 Å². The third kappa shape index (κ3) is 5.88. The van der Waals surface area contributed by atoms with Crippen LogP contribution in [0.25, 0.3) is 86.2 Å². The first kappa shape index (κ1) is 39.9. The fraction of sp³-hybridized carbons (Fsp3) is 0.111. The van der Waals surface area contributed by atoms with Crippen LogP contribution in [-0.4, -0.2) is 28.2 Å². The minimum atomic E-state index is -2.01. The van der Waals surface area contributed by atoms with Crippen molar-refractivity contribution in [3.63, 3.8) is 0 Å². The number of aliphatic hydroxyl groups is 2. The number of fused-ring (bicyclic) bond motifs is 8. The molecule has 2 atom stereocenters. The minimum Gasteiger partial charge on any atom is -0.377 e. The first-order valence-electron chi connectivity index (χ1n) is 23.2. The van der Waals surface area contributed by atoms with E-state index in [0.29, 0.717) is 22.3 Å². The number of hydrogen-bond acceptors (Lipinski definition) is 4. The first-order valence-corrected chi connectivity index (χ1v) is 23.2. The molecule has 4 nitrogen and oxygen atoms in total. The summed E-state index contributed by atoms with van der Waals surface area (Å²) in [4.78, 5) is 0. The lowest BCUT2D eigenvalue weighted by Gasteiger charge is -2.45. The zero-order valence-corrected chi connectivity index (χ0v) is 37.2. The number of hydrogen-bond donors (Lipinski definition) is 2. The van der Waals surface area contributed by atoms with E-state index < -0.39 is 29.2 Å². The molecule has 0 saturated carbocycles. The maximum Gasteiger partial charge on any atom is 0.164 e. The number of rotatable bonds is 6. The predicted octanol–water partition coefficient (Wildman–Crippen LogP) is 14.6. The molecule has 0 amide bonds. The van der Waals surface area contributed by atoms with Crippen molar-refractivity contribution in [2.45, 2.75) is 43.0 Å². The van der Waals surface area contributed by atoms with Gasteiger partial charge in [-0.1, -0.05) is 194 Å². The highest BCUT2D eigenvalue weighted by molar-refractivity contribution is 6.10. The SMILES string of the molecule is CC1(C)O[C@@H](C(O)(c2c3ccccc3cc3ccccc23)c2c3ccccc3cc3ccccc23)[C@H](C(O)(c2c3ccccc3cc3ccccc23)c2c3ccccc3cc3ccccc23)O1. The summed E-state index contributed by atoms with van der Waals surface area (Å²) in [6.45, 7) is 3.82. The van der Waals surface area contributed by atoms with Crippen LogP contribution in [0.5, 0.6) is 0 Å². The van der Waals surface area contributed by atoms with Gasteiger partial charge in [-0.3, -0.25) is 0 Å². The molecule has 0 unspecified atom stereocenters. The summed E-state index contributed by atoms with van der Waals surface area (Å²) >= 11 is 0. The van der Waals surface area contributed by atoms with Crippen molar-refractivity contribution in [3.05, 3.63) is 241 Å². The molecule has 0 radical (unpaired) electrons. The van der Waals surface area contributed by atoms with E-state index in [0.717, 1.165) is 86.2 Å². The molecule has 13 rings (SSSR count). The summed E-state index contributed by atoms with van der Waals surface area (Å²) in [7, 11) is 0. The lowest BCUT2D eigenvalue weighted by atomic mass is 9.66. The van der Waals surface area contributed by atoms with E-state index in [1.54, 1.807) is 0 Å². The minimum absolute atomic E-state index is 0.687. The fourth-order valence-corrected chi connectivity index (χ4v) is 11.9. The Balaban J connectivity index is 1.26. The summed E-state index contributed by atoms with van der Waals surface area (Å²) in [5.41, 5.74) is -1.26. The Kier molecular flexibility index (Phi) is 8.80. The zero-order valence-electron chi connectivity index (χ0n) is 37.2. The van der Waals surface area contributed by atoms with E-state index >= 15 is 10.2 Å². The van der Waals surface area contributed by atoms with Gasteiger partial charge in [0.2, 0.25) is 0 Å². The van der Waals surface area contributed by atoms with E-state index in [4.69, 9.17) is 9.47 Å². The molecule has 1 saturated heterocycles. The molecular formula is C63H46O4. The molecule has 4 heteroatoms. The van der Waals surface area contributed by atoms with Crippen molar-refractivity contribution in [3.8, 4) is 0 Å². The molecule has 1 heterocycles. The second kappa shape index (κ2) is 14.8. The first-order chi connectivity index (χ1) is 32.7. The molecule has 0 bridgehead atoms. The molecular weight excluding hydrogens is 821 g/mol. The van der Waals surface area contributed by atoms with E-state index in [-0.39, 0.29) is 0 Å². The van der Waals surface area contributed by atoms with Crippen molar-refractivity contribution < 1.29 is 19.7 Å². The normalized spacial score (nSPS) is 16.7. The van der Waals surface area contributed by atoms with Gasteiger partial charge in [0.1, 0.15) is 23.4 Å². The third-order valence-corrected chi connectivity index (χ3v) is 14.5. The molecule has 0 aromatic heterocycles. The Bertz CT molecular complexity index is 3270. The monoisotopic (exact) mass is 866 g/mol. The maximum absolute atomic E-state index is 15.4. The van der Waals surface area contributed by atoms with Crippen LogP contribution in [0.2, 0.25) is 0 Å². The smallest absolute Gasteiger partial charge is 0.164 e. The molecule has 1 aliphatic heterocycles. The summed E-state index contributed by atoms with van der Waals surface area (Å²) in [6.07, 6.45) is -2.49. The Morgan fingerprint density at radius 2 is 0.463 bits per heavy atom. The molecule has 322 valence electrons. The van der Waals surface area contributed by atoms with E-state index in [2.05, 4.69) is 121 Å². The standard InChI is InChI=1S/C63H46O4/c1-61(2)66-59(62(64,55-47-27-11-3-19-39(47)35-40-20-4-12-28-48(40)55)56-49-29-13-5-21-41(49)36-42-22-6-14-30-50(42)56)60(67-61)63(65,57-51-31-15-7-23-43(51)37-44-24-8-16-32-52(44)57)58-53-33-17-9-25-45(53)38-46-26-10-18-34-54(46)58/h3-38,59-60,64-65H,1-2H3/t59-,60-/m1/s1. The van der Waals surface area contributed by atoms with Gasteiger partial charge in [-0.05, 0) is 124 Å². The average molecular weight is 867 g/mol. The van der Waals surface area contributed by atoms with Gasteiger partial charge in [-0.15, -0.1) is 0 Å². The molecule has 12 aromatic carbocycles. The molecule has 2 N–H and O–H groups in total. The summed E-state index contributed by atoms with van der Waals surface area (Å²) < 4.78 is 15.1. The van der Waals surface area contributed by atoms with Gasteiger partial charge < -0.3 is 19.7 Å². The second-order valence-electron chi connectivity index (χ2n) is 18.8. The quantitative estimate of drug-likeness (QED) is 0.164. The van der Waals surface area contributed by atoms with Crippen LogP contribution < -0.4 is 0 Å².